The summed E-state index contributed by atoms with van der Waals surface area (Å²) in [7, 11) is -3.93. The van der Waals surface area contributed by atoms with Crippen molar-refractivity contribution in [2.45, 2.75) is 50.2 Å². The van der Waals surface area contributed by atoms with E-state index < -0.39 is 25.7 Å². The van der Waals surface area contributed by atoms with E-state index in [9.17, 15) is 18.3 Å². The number of phenolic OH excluding ortho intramolecular Hbond substituents is 1. The predicted molar refractivity (Wildman–Crippen MR) is 96.8 cm³/mol. The summed E-state index contributed by atoms with van der Waals surface area (Å²) in [5, 5.41) is 13.1. The molecule has 0 unspecified atom stereocenters. The van der Waals surface area contributed by atoms with E-state index in [1.807, 2.05) is 0 Å². The molecule has 0 atom stereocenters. The third kappa shape index (κ3) is 3.78. The molecule has 1 amide bonds. The van der Waals surface area contributed by atoms with Crippen molar-refractivity contribution in [3.8, 4) is 5.75 Å². The van der Waals surface area contributed by atoms with E-state index in [4.69, 9.17) is 16.3 Å². The summed E-state index contributed by atoms with van der Waals surface area (Å²) in [6, 6.07) is 2.77. The lowest BCUT2D eigenvalue weighted by Crippen LogP contribution is -2.41. The molecule has 0 aromatic heterocycles. The Balaban J connectivity index is 2.51. The molecule has 6 nitrogen and oxygen atoms in total. The van der Waals surface area contributed by atoms with Crippen molar-refractivity contribution in [2.75, 3.05) is 18.5 Å². The number of hydrogen-bond acceptors (Lipinski definition) is 5. The van der Waals surface area contributed by atoms with Gasteiger partial charge in [0.1, 0.15) is 4.90 Å². The molecule has 1 aromatic rings. The minimum Gasteiger partial charge on any atom is -0.504 e. The number of carbonyl (C=O) groups excluding carboxylic acids is 1. The smallest absolute Gasteiger partial charge is 0.229 e. The molecule has 8 heteroatoms. The highest BCUT2D eigenvalue weighted by atomic mass is 35.5. The summed E-state index contributed by atoms with van der Waals surface area (Å²) in [6.45, 7) is 7.44. The van der Waals surface area contributed by atoms with Crippen LogP contribution < -0.4 is 5.32 Å². The third-order valence-electron chi connectivity index (χ3n) is 4.48. The molecule has 2 N–H and O–H groups in total. The van der Waals surface area contributed by atoms with Gasteiger partial charge in [-0.25, -0.2) is 8.42 Å². The van der Waals surface area contributed by atoms with Gasteiger partial charge in [-0.3, -0.25) is 4.79 Å². The third-order valence-corrected chi connectivity index (χ3v) is 7.56. The van der Waals surface area contributed by atoms with Crippen LogP contribution in [0.15, 0.2) is 17.0 Å². The molecular weight excluding hydrogens is 366 g/mol. The molecule has 0 spiro atoms. The van der Waals surface area contributed by atoms with E-state index in [0.29, 0.717) is 26.1 Å². The van der Waals surface area contributed by atoms with Crippen LogP contribution in [-0.2, 0) is 19.4 Å². The topological polar surface area (TPSA) is 92.7 Å². The fourth-order valence-corrected chi connectivity index (χ4v) is 4.87. The molecule has 0 saturated carbocycles. The molecule has 25 heavy (non-hydrogen) atoms. The van der Waals surface area contributed by atoms with Crippen LogP contribution in [0.25, 0.3) is 0 Å². The van der Waals surface area contributed by atoms with Crippen LogP contribution >= 0.6 is 11.6 Å². The Hall–Kier alpha value is -1.31. The zero-order chi connectivity index (χ0) is 19.0. The van der Waals surface area contributed by atoms with E-state index in [2.05, 4.69) is 5.32 Å². The predicted octanol–water partition coefficient (Wildman–Crippen LogP) is 3.37. The fraction of sp³-hybridized carbons (Fsp3) is 0.588. The minimum atomic E-state index is -3.93. The number of sulfone groups is 1. The zero-order valence-corrected chi connectivity index (χ0v) is 16.4. The lowest BCUT2D eigenvalue weighted by atomic mass is 9.95. The number of phenols is 1. The number of halogens is 1. The largest absolute Gasteiger partial charge is 0.504 e. The van der Waals surface area contributed by atoms with E-state index >= 15 is 0 Å². The van der Waals surface area contributed by atoms with Crippen LogP contribution in [-0.4, -0.2) is 37.4 Å². The summed E-state index contributed by atoms with van der Waals surface area (Å²) < 4.78 is 30.5. The van der Waals surface area contributed by atoms with Crippen LogP contribution in [0, 0.1) is 5.41 Å². The van der Waals surface area contributed by atoms with Crippen molar-refractivity contribution in [3.05, 3.63) is 17.2 Å². The van der Waals surface area contributed by atoms with E-state index in [1.54, 1.807) is 27.7 Å². The second-order valence-electron chi connectivity index (χ2n) is 7.54. The Morgan fingerprint density at radius 2 is 1.84 bits per heavy atom. The van der Waals surface area contributed by atoms with Crippen LogP contribution in [0.4, 0.5) is 5.69 Å². The summed E-state index contributed by atoms with van der Waals surface area (Å²) in [5.74, 6) is -0.872. The van der Waals surface area contributed by atoms with Crippen molar-refractivity contribution in [1.82, 2.24) is 0 Å². The first-order chi connectivity index (χ1) is 11.4. The van der Waals surface area contributed by atoms with Crippen LogP contribution in [0.3, 0.4) is 0 Å². The van der Waals surface area contributed by atoms with Gasteiger partial charge in [0.2, 0.25) is 5.91 Å². The SMILES string of the molecule is CC(C)(C)C(=O)Nc1ccc(Cl)c(S(=O)(=O)C2(C)CCOCC2)c1O. The van der Waals surface area contributed by atoms with E-state index in [0.717, 1.165) is 0 Å². The average Bonchev–Trinajstić information content (AvgIpc) is 2.49. The molecule has 0 bridgehead atoms. The van der Waals surface area contributed by atoms with Crippen molar-refractivity contribution < 1.29 is 23.1 Å². The maximum atomic E-state index is 13.2. The lowest BCUT2D eigenvalue weighted by molar-refractivity contribution is -0.123. The number of nitrogens with one attached hydrogen (secondary N) is 1. The number of ether oxygens (including phenoxy) is 1. The summed E-state index contributed by atoms with van der Waals surface area (Å²) in [4.78, 5) is 11.8. The first-order valence-electron chi connectivity index (χ1n) is 8.05. The molecule has 1 saturated heterocycles. The Bertz CT molecular complexity index is 777. The van der Waals surface area contributed by atoms with Gasteiger partial charge in [-0.15, -0.1) is 0 Å². The summed E-state index contributed by atoms with van der Waals surface area (Å²) >= 11 is 6.11. The summed E-state index contributed by atoms with van der Waals surface area (Å²) in [5.41, 5.74) is -0.670. The first-order valence-corrected chi connectivity index (χ1v) is 9.91. The van der Waals surface area contributed by atoms with Gasteiger partial charge in [0, 0.05) is 18.6 Å². The highest BCUT2D eigenvalue weighted by molar-refractivity contribution is 7.93. The van der Waals surface area contributed by atoms with Crippen LogP contribution in [0.1, 0.15) is 40.5 Å². The second-order valence-corrected chi connectivity index (χ2v) is 10.4. The zero-order valence-electron chi connectivity index (χ0n) is 14.8. The lowest BCUT2D eigenvalue weighted by Gasteiger charge is -2.33. The Morgan fingerprint density at radius 3 is 2.36 bits per heavy atom. The molecule has 1 aliphatic heterocycles. The van der Waals surface area contributed by atoms with Crippen molar-refractivity contribution in [1.29, 1.82) is 0 Å². The van der Waals surface area contributed by atoms with E-state index in [1.165, 1.54) is 12.1 Å². The van der Waals surface area contributed by atoms with Crippen LogP contribution in [0.2, 0.25) is 5.02 Å². The van der Waals surface area contributed by atoms with Gasteiger partial charge >= 0.3 is 0 Å². The molecule has 1 aromatic carbocycles. The average molecular weight is 390 g/mol. The van der Waals surface area contributed by atoms with Gasteiger partial charge < -0.3 is 15.2 Å². The van der Waals surface area contributed by atoms with Gasteiger partial charge in [-0.2, -0.15) is 0 Å². The maximum Gasteiger partial charge on any atom is 0.229 e. The molecule has 2 rings (SSSR count). The highest BCUT2D eigenvalue weighted by Crippen LogP contribution is 2.44. The Kier molecular flexibility index (Phi) is 5.42. The van der Waals surface area contributed by atoms with Crippen molar-refractivity contribution >= 4 is 33.0 Å². The monoisotopic (exact) mass is 389 g/mol. The number of rotatable bonds is 3. The molecule has 1 heterocycles. The standard InChI is InChI=1S/C17H24ClNO5S/c1-16(2,3)15(21)19-12-6-5-11(18)14(13(12)20)25(22,23)17(4)7-9-24-10-8-17/h5-6,20H,7-10H2,1-4H3,(H,19,21). The maximum absolute atomic E-state index is 13.2. The quantitative estimate of drug-likeness (QED) is 0.773. The fourth-order valence-electron chi connectivity index (χ4n) is 2.53. The van der Waals surface area contributed by atoms with Gasteiger partial charge in [0.05, 0.1) is 15.5 Å². The normalized spacial score (nSPS) is 18.0. The van der Waals surface area contributed by atoms with Gasteiger partial charge in [0.15, 0.2) is 15.6 Å². The number of benzene rings is 1. The number of amides is 1. The van der Waals surface area contributed by atoms with Crippen LogP contribution in [0.5, 0.6) is 5.75 Å². The Morgan fingerprint density at radius 1 is 1.28 bits per heavy atom. The number of aromatic hydroxyl groups is 1. The van der Waals surface area contributed by atoms with Gasteiger partial charge in [-0.05, 0) is 31.9 Å². The van der Waals surface area contributed by atoms with E-state index in [-0.39, 0.29) is 21.5 Å². The second kappa shape index (κ2) is 6.78. The molecule has 140 valence electrons. The molecule has 1 fully saturated rings. The number of hydrogen-bond donors (Lipinski definition) is 2. The molecular formula is C17H24ClNO5S. The van der Waals surface area contributed by atoms with Gasteiger partial charge in [0.25, 0.3) is 0 Å². The molecule has 0 radical (unpaired) electrons. The Labute approximate surface area is 153 Å². The molecule has 0 aliphatic carbocycles. The highest BCUT2D eigenvalue weighted by Gasteiger charge is 2.44. The first kappa shape index (κ1) is 20.0. The molecule has 1 aliphatic rings. The van der Waals surface area contributed by atoms with Crippen molar-refractivity contribution in [3.63, 3.8) is 0 Å². The number of anilines is 1. The van der Waals surface area contributed by atoms with Crippen molar-refractivity contribution in [2.24, 2.45) is 5.41 Å². The van der Waals surface area contributed by atoms with Gasteiger partial charge in [-0.1, -0.05) is 32.4 Å². The number of carbonyl (C=O) groups is 1. The summed E-state index contributed by atoms with van der Waals surface area (Å²) in [6.07, 6.45) is 0.618. The minimum absolute atomic E-state index is 0.0264.